The molecule has 1 heterocycles. The average Bonchev–Trinajstić information content (AvgIpc) is 2.52. The largest absolute Gasteiger partial charge is 0.390 e. The molecular weight excluding hydrogens is 334 g/mol. The van der Waals surface area contributed by atoms with E-state index in [9.17, 15) is 9.90 Å². The SMILES string of the molecule is Cc1ccc(C2CCC3(CC2)CN(C(=O)[C@H]2C[C@@](C)(O)C2)C3)cc1Cl. The highest BCUT2D eigenvalue weighted by atomic mass is 35.5. The molecule has 2 saturated carbocycles. The first-order valence-electron chi connectivity index (χ1n) is 9.54. The third kappa shape index (κ3) is 3.21. The van der Waals surface area contributed by atoms with Crippen molar-refractivity contribution in [3.05, 3.63) is 34.3 Å². The Morgan fingerprint density at radius 1 is 1.24 bits per heavy atom. The van der Waals surface area contributed by atoms with Crippen molar-refractivity contribution in [1.82, 2.24) is 4.90 Å². The third-order valence-electron chi connectivity index (χ3n) is 6.80. The van der Waals surface area contributed by atoms with Crippen LogP contribution in [0, 0.1) is 18.3 Å². The standard InChI is InChI=1S/C21H28ClNO2/c1-14-3-4-16(9-18(14)22)15-5-7-21(8-6-15)12-23(13-21)19(24)17-10-20(2,25)11-17/h3-4,9,15,17,25H,5-8,10-13H2,1-2H3/t17-,20+. The molecule has 1 N–H and O–H groups in total. The lowest BCUT2D eigenvalue weighted by Crippen LogP contribution is -2.62. The summed E-state index contributed by atoms with van der Waals surface area (Å²) >= 11 is 6.29. The minimum absolute atomic E-state index is 0.0541. The highest BCUT2D eigenvalue weighted by Crippen LogP contribution is 2.50. The maximum Gasteiger partial charge on any atom is 0.225 e. The van der Waals surface area contributed by atoms with Crippen LogP contribution in [0.1, 0.15) is 62.5 Å². The summed E-state index contributed by atoms with van der Waals surface area (Å²) in [7, 11) is 0. The van der Waals surface area contributed by atoms with Gasteiger partial charge in [-0.05, 0) is 75.5 Å². The number of carbonyl (C=O) groups is 1. The van der Waals surface area contributed by atoms with E-state index in [4.69, 9.17) is 11.6 Å². The lowest BCUT2D eigenvalue weighted by Gasteiger charge is -2.55. The lowest BCUT2D eigenvalue weighted by atomic mass is 9.63. The Bertz CT molecular complexity index is 675. The summed E-state index contributed by atoms with van der Waals surface area (Å²) in [4.78, 5) is 14.5. The van der Waals surface area contributed by atoms with Gasteiger partial charge in [0.25, 0.3) is 0 Å². The van der Waals surface area contributed by atoms with E-state index in [1.54, 1.807) is 0 Å². The second-order valence-corrected chi connectivity index (χ2v) is 9.49. The average molecular weight is 362 g/mol. The van der Waals surface area contributed by atoms with Crippen LogP contribution in [0.25, 0.3) is 0 Å². The van der Waals surface area contributed by atoms with Crippen LogP contribution in [-0.4, -0.2) is 34.6 Å². The summed E-state index contributed by atoms with van der Waals surface area (Å²) in [6, 6.07) is 6.49. The van der Waals surface area contributed by atoms with Gasteiger partial charge < -0.3 is 10.0 Å². The van der Waals surface area contributed by atoms with Crippen molar-refractivity contribution < 1.29 is 9.90 Å². The number of carbonyl (C=O) groups excluding carboxylic acids is 1. The van der Waals surface area contributed by atoms with Gasteiger partial charge in [0.2, 0.25) is 5.91 Å². The fraction of sp³-hybridized carbons (Fsp3) is 0.667. The van der Waals surface area contributed by atoms with Gasteiger partial charge in [-0.1, -0.05) is 23.7 Å². The summed E-state index contributed by atoms with van der Waals surface area (Å²) in [6.07, 6.45) is 6.06. The van der Waals surface area contributed by atoms with Gasteiger partial charge in [0, 0.05) is 29.4 Å². The Morgan fingerprint density at radius 3 is 2.44 bits per heavy atom. The zero-order valence-electron chi connectivity index (χ0n) is 15.2. The van der Waals surface area contributed by atoms with E-state index in [2.05, 4.69) is 18.2 Å². The maximum atomic E-state index is 12.5. The van der Waals surface area contributed by atoms with Crippen molar-refractivity contribution in [3.8, 4) is 0 Å². The molecule has 25 heavy (non-hydrogen) atoms. The Morgan fingerprint density at radius 2 is 1.88 bits per heavy atom. The van der Waals surface area contributed by atoms with Crippen LogP contribution in [0.2, 0.25) is 5.02 Å². The van der Waals surface area contributed by atoms with Gasteiger partial charge >= 0.3 is 0 Å². The van der Waals surface area contributed by atoms with Gasteiger partial charge in [-0.3, -0.25) is 4.79 Å². The molecule has 0 bridgehead atoms. The number of hydrogen-bond donors (Lipinski definition) is 1. The molecule has 2 aliphatic carbocycles. The number of amides is 1. The molecule has 4 heteroatoms. The second-order valence-electron chi connectivity index (χ2n) is 9.08. The number of nitrogens with zero attached hydrogens (tertiary/aromatic N) is 1. The quantitative estimate of drug-likeness (QED) is 0.853. The van der Waals surface area contributed by atoms with Crippen molar-refractivity contribution in [1.29, 1.82) is 0 Å². The minimum Gasteiger partial charge on any atom is -0.390 e. The van der Waals surface area contributed by atoms with Crippen LogP contribution >= 0.6 is 11.6 Å². The second kappa shape index (κ2) is 5.99. The first-order valence-corrected chi connectivity index (χ1v) is 9.92. The smallest absolute Gasteiger partial charge is 0.225 e. The number of likely N-dealkylation sites (tertiary alicyclic amines) is 1. The molecule has 1 spiro atoms. The third-order valence-corrected chi connectivity index (χ3v) is 7.21. The molecule has 0 unspecified atom stereocenters. The monoisotopic (exact) mass is 361 g/mol. The summed E-state index contributed by atoms with van der Waals surface area (Å²) in [5, 5.41) is 10.7. The van der Waals surface area contributed by atoms with E-state index in [0.29, 0.717) is 24.2 Å². The predicted octanol–water partition coefficient (Wildman–Crippen LogP) is 4.30. The van der Waals surface area contributed by atoms with E-state index in [0.717, 1.165) is 23.7 Å². The van der Waals surface area contributed by atoms with Gasteiger partial charge in [0.05, 0.1) is 5.60 Å². The number of aryl methyl sites for hydroxylation is 1. The Hall–Kier alpha value is -1.06. The molecule has 0 atom stereocenters. The predicted molar refractivity (Wildman–Crippen MR) is 99.8 cm³/mol. The zero-order valence-corrected chi connectivity index (χ0v) is 16.0. The van der Waals surface area contributed by atoms with Crippen molar-refractivity contribution in [2.45, 2.75) is 63.9 Å². The number of benzene rings is 1. The molecule has 0 radical (unpaired) electrons. The van der Waals surface area contributed by atoms with E-state index in [1.165, 1.54) is 31.2 Å². The van der Waals surface area contributed by atoms with E-state index >= 15 is 0 Å². The molecule has 1 amide bonds. The molecular formula is C21H28ClNO2. The van der Waals surface area contributed by atoms with Crippen LogP contribution in [-0.2, 0) is 4.79 Å². The fourth-order valence-corrected chi connectivity index (χ4v) is 5.29. The summed E-state index contributed by atoms with van der Waals surface area (Å²) in [5.74, 6) is 0.929. The highest BCUT2D eigenvalue weighted by molar-refractivity contribution is 6.31. The number of rotatable bonds is 2. The van der Waals surface area contributed by atoms with Crippen LogP contribution < -0.4 is 0 Å². The molecule has 3 nitrogen and oxygen atoms in total. The molecule has 3 fully saturated rings. The molecule has 1 aromatic carbocycles. The van der Waals surface area contributed by atoms with Crippen LogP contribution in [0.5, 0.6) is 0 Å². The van der Waals surface area contributed by atoms with Crippen molar-refractivity contribution in [2.75, 3.05) is 13.1 Å². The lowest BCUT2D eigenvalue weighted by molar-refractivity contribution is -0.163. The van der Waals surface area contributed by atoms with Crippen molar-refractivity contribution in [3.63, 3.8) is 0 Å². The number of halogens is 1. The zero-order chi connectivity index (χ0) is 17.8. The highest BCUT2D eigenvalue weighted by Gasteiger charge is 2.51. The van der Waals surface area contributed by atoms with E-state index in [1.807, 2.05) is 18.7 Å². The van der Waals surface area contributed by atoms with Gasteiger partial charge in [-0.2, -0.15) is 0 Å². The number of hydrogen-bond acceptors (Lipinski definition) is 2. The van der Waals surface area contributed by atoms with Crippen molar-refractivity contribution in [2.24, 2.45) is 11.3 Å². The molecule has 1 aromatic rings. The maximum absolute atomic E-state index is 12.5. The van der Waals surface area contributed by atoms with E-state index < -0.39 is 5.60 Å². The molecule has 3 aliphatic rings. The fourth-order valence-electron chi connectivity index (χ4n) is 5.10. The van der Waals surface area contributed by atoms with Gasteiger partial charge in [-0.25, -0.2) is 0 Å². The first-order chi connectivity index (χ1) is 11.8. The summed E-state index contributed by atoms with van der Waals surface area (Å²) in [5.41, 5.74) is 2.25. The van der Waals surface area contributed by atoms with Gasteiger partial charge in [0.1, 0.15) is 0 Å². The Balaban J connectivity index is 1.30. The van der Waals surface area contributed by atoms with E-state index in [-0.39, 0.29) is 11.8 Å². The molecule has 4 rings (SSSR count). The minimum atomic E-state index is -0.615. The molecule has 1 saturated heterocycles. The molecule has 0 aromatic heterocycles. The van der Waals surface area contributed by atoms with Crippen LogP contribution in [0.4, 0.5) is 0 Å². The Kier molecular flexibility index (Phi) is 4.16. The van der Waals surface area contributed by atoms with Crippen molar-refractivity contribution >= 4 is 17.5 Å². The summed E-state index contributed by atoms with van der Waals surface area (Å²) in [6.45, 7) is 5.72. The number of aliphatic hydroxyl groups is 1. The van der Waals surface area contributed by atoms with Gasteiger partial charge in [-0.15, -0.1) is 0 Å². The normalized spacial score (nSPS) is 31.5. The molecule has 1 aliphatic heterocycles. The molecule has 136 valence electrons. The summed E-state index contributed by atoms with van der Waals surface area (Å²) < 4.78 is 0. The Labute approximate surface area is 155 Å². The van der Waals surface area contributed by atoms with Gasteiger partial charge in [0.15, 0.2) is 0 Å². The topological polar surface area (TPSA) is 40.5 Å². The van der Waals surface area contributed by atoms with Crippen LogP contribution in [0.15, 0.2) is 18.2 Å². The first kappa shape index (κ1) is 17.4. The van der Waals surface area contributed by atoms with Crippen LogP contribution in [0.3, 0.4) is 0 Å².